The van der Waals surface area contributed by atoms with Crippen LogP contribution < -0.4 is 0 Å². The van der Waals surface area contributed by atoms with Gasteiger partial charge in [0.1, 0.15) is 0 Å². The summed E-state index contributed by atoms with van der Waals surface area (Å²) >= 11 is 0. The van der Waals surface area contributed by atoms with E-state index < -0.39 is 0 Å². The Labute approximate surface area is 358 Å². The summed E-state index contributed by atoms with van der Waals surface area (Å²) in [6.07, 6.45) is 11.7. The second-order valence-corrected chi connectivity index (χ2v) is 15.8. The van der Waals surface area contributed by atoms with Crippen molar-refractivity contribution in [2.75, 3.05) is 0 Å². The molecule has 0 saturated carbocycles. The predicted octanol–water partition coefficient (Wildman–Crippen LogP) is 13.9. The van der Waals surface area contributed by atoms with Crippen LogP contribution >= 0.6 is 0 Å². The zero-order chi connectivity index (χ0) is 41.0. The molecule has 0 saturated heterocycles. The van der Waals surface area contributed by atoms with Crippen LogP contribution in [0.3, 0.4) is 0 Å². The summed E-state index contributed by atoms with van der Waals surface area (Å²) in [5.41, 5.74) is 12.9. The smallest absolute Gasteiger partial charge is 0.164 e. The van der Waals surface area contributed by atoms with Crippen molar-refractivity contribution < 1.29 is 0 Å². The SMILES string of the molecule is C1=CCC(n2c3ccccc3c3cc(-c4ccc(-n5c6ccccc6c6ccc(-c7cc(-c8nc(-c9ccccc9)nc(-c9ccccc9)n8)ccn7)cc65)cc4)ccc32)C=C1. The third kappa shape index (κ3) is 6.11. The summed E-state index contributed by atoms with van der Waals surface area (Å²) in [6.45, 7) is 0. The second kappa shape index (κ2) is 14.8. The van der Waals surface area contributed by atoms with Crippen molar-refractivity contribution in [3.8, 4) is 62.2 Å². The molecule has 6 heteroatoms. The summed E-state index contributed by atoms with van der Waals surface area (Å²) < 4.78 is 4.87. The monoisotopic (exact) mass is 794 g/mol. The van der Waals surface area contributed by atoms with Gasteiger partial charge in [-0.2, -0.15) is 0 Å². The van der Waals surface area contributed by atoms with Gasteiger partial charge in [-0.25, -0.2) is 15.0 Å². The van der Waals surface area contributed by atoms with Crippen molar-refractivity contribution in [2.24, 2.45) is 0 Å². The molecule has 0 N–H and O–H groups in total. The van der Waals surface area contributed by atoms with E-state index in [1.807, 2.05) is 72.9 Å². The largest absolute Gasteiger partial charge is 0.333 e. The Morgan fingerprint density at radius 3 is 1.71 bits per heavy atom. The fraction of sp³-hybridized carbons (Fsp3) is 0.0357. The summed E-state index contributed by atoms with van der Waals surface area (Å²) in [5, 5.41) is 4.96. The Morgan fingerprint density at radius 2 is 1.00 bits per heavy atom. The lowest BCUT2D eigenvalue weighted by molar-refractivity contribution is 0.648. The van der Waals surface area contributed by atoms with Crippen LogP contribution in [0.4, 0.5) is 0 Å². The van der Waals surface area contributed by atoms with Gasteiger partial charge in [0.25, 0.3) is 0 Å². The van der Waals surface area contributed by atoms with Crippen molar-refractivity contribution in [3.05, 3.63) is 212 Å². The zero-order valence-electron chi connectivity index (χ0n) is 33.7. The van der Waals surface area contributed by atoms with Crippen LogP contribution in [0, 0.1) is 0 Å². The highest BCUT2D eigenvalue weighted by Gasteiger charge is 2.19. The molecular formula is C56H38N6. The first-order valence-corrected chi connectivity index (χ1v) is 21.1. The van der Waals surface area contributed by atoms with Crippen molar-refractivity contribution in [1.82, 2.24) is 29.1 Å². The van der Waals surface area contributed by atoms with Gasteiger partial charge in [0.2, 0.25) is 0 Å². The second-order valence-electron chi connectivity index (χ2n) is 15.8. The van der Waals surface area contributed by atoms with Crippen LogP contribution in [0.15, 0.2) is 212 Å². The first kappa shape index (κ1) is 35.7. The van der Waals surface area contributed by atoms with E-state index in [1.54, 1.807) is 0 Å². The number of para-hydroxylation sites is 2. The van der Waals surface area contributed by atoms with Crippen LogP contribution in [0.5, 0.6) is 0 Å². The molecule has 4 heterocycles. The van der Waals surface area contributed by atoms with E-state index in [1.165, 1.54) is 43.7 Å². The topological polar surface area (TPSA) is 61.4 Å². The van der Waals surface area contributed by atoms with Gasteiger partial charge in [-0.05, 0) is 72.1 Å². The normalized spacial score (nSPS) is 13.8. The van der Waals surface area contributed by atoms with Gasteiger partial charge in [-0.1, -0.05) is 152 Å². The van der Waals surface area contributed by atoms with E-state index in [0.29, 0.717) is 23.5 Å². The number of hydrogen-bond acceptors (Lipinski definition) is 4. The number of pyridine rings is 1. The molecule has 0 aliphatic heterocycles. The molecule has 1 aliphatic rings. The predicted molar refractivity (Wildman–Crippen MR) is 254 cm³/mol. The Kier molecular flexibility index (Phi) is 8.52. The summed E-state index contributed by atoms with van der Waals surface area (Å²) in [5.74, 6) is 1.85. The van der Waals surface area contributed by atoms with E-state index >= 15 is 0 Å². The molecule has 1 atom stereocenters. The molecule has 62 heavy (non-hydrogen) atoms. The molecule has 0 spiro atoms. The number of hydrogen-bond donors (Lipinski definition) is 0. The van der Waals surface area contributed by atoms with E-state index in [0.717, 1.165) is 51.1 Å². The van der Waals surface area contributed by atoms with Crippen molar-refractivity contribution in [2.45, 2.75) is 12.5 Å². The maximum atomic E-state index is 4.98. The lowest BCUT2D eigenvalue weighted by atomic mass is 10.0. The lowest BCUT2D eigenvalue weighted by Gasteiger charge is -2.18. The minimum atomic E-state index is 0.302. The Balaban J connectivity index is 0.932. The number of nitrogens with zero attached hydrogens (tertiary/aromatic N) is 6. The van der Waals surface area contributed by atoms with Crippen molar-refractivity contribution >= 4 is 43.6 Å². The number of rotatable bonds is 7. The molecule has 0 amide bonds. The molecule has 1 unspecified atom stereocenters. The van der Waals surface area contributed by atoms with Gasteiger partial charge in [0.05, 0.1) is 22.8 Å². The van der Waals surface area contributed by atoms with Crippen LogP contribution in [-0.4, -0.2) is 29.1 Å². The third-order valence-electron chi connectivity index (χ3n) is 12.1. The molecule has 292 valence electrons. The van der Waals surface area contributed by atoms with Crippen LogP contribution in [0.2, 0.25) is 0 Å². The van der Waals surface area contributed by atoms with Gasteiger partial charge in [0.15, 0.2) is 17.5 Å². The molecule has 6 nitrogen and oxygen atoms in total. The van der Waals surface area contributed by atoms with E-state index in [-0.39, 0.29) is 0 Å². The standard InChI is InChI=1S/C56H38N6/c1-4-14-38(15-5-1)54-58-55(39-16-6-2-7-17-39)60-56(59-54)42-32-33-57-49(35-42)41-26-30-47-45-20-10-12-22-50(45)62(53(47)36-41)44-28-24-37(25-29-44)40-27-31-52-48(34-40)46-21-11-13-23-51(46)61(52)43-18-8-3-9-19-43/h1-18,20-36,43H,19H2. The number of allylic oxidation sites excluding steroid dienone is 4. The quantitative estimate of drug-likeness (QED) is 0.161. The van der Waals surface area contributed by atoms with Gasteiger partial charge in [-0.3, -0.25) is 4.98 Å². The zero-order valence-corrected chi connectivity index (χ0v) is 33.7. The molecule has 4 aromatic heterocycles. The first-order valence-electron chi connectivity index (χ1n) is 21.1. The summed E-state index contributed by atoms with van der Waals surface area (Å²) in [6, 6.07) is 64.5. The van der Waals surface area contributed by atoms with E-state index in [4.69, 9.17) is 19.9 Å². The third-order valence-corrected chi connectivity index (χ3v) is 12.1. The number of fused-ring (bicyclic) bond motifs is 6. The summed E-state index contributed by atoms with van der Waals surface area (Å²) in [7, 11) is 0. The number of benzene rings is 7. The minimum Gasteiger partial charge on any atom is -0.333 e. The molecule has 1 aliphatic carbocycles. The van der Waals surface area contributed by atoms with Gasteiger partial charge in [0, 0.05) is 66.7 Å². The van der Waals surface area contributed by atoms with Crippen LogP contribution in [-0.2, 0) is 0 Å². The van der Waals surface area contributed by atoms with Gasteiger partial charge in [-0.15, -0.1) is 0 Å². The average Bonchev–Trinajstić information content (AvgIpc) is 3.87. The Bertz CT molecular complexity index is 3490. The molecule has 0 radical (unpaired) electrons. The highest BCUT2D eigenvalue weighted by Crippen LogP contribution is 2.39. The van der Waals surface area contributed by atoms with Gasteiger partial charge >= 0.3 is 0 Å². The van der Waals surface area contributed by atoms with Crippen LogP contribution in [0.1, 0.15) is 12.5 Å². The molecule has 7 aromatic carbocycles. The highest BCUT2D eigenvalue weighted by molar-refractivity contribution is 6.11. The minimum absolute atomic E-state index is 0.302. The lowest BCUT2D eigenvalue weighted by Crippen LogP contribution is -2.06. The highest BCUT2D eigenvalue weighted by atomic mass is 15.0. The first-order chi connectivity index (χ1) is 30.7. The molecule has 11 aromatic rings. The van der Waals surface area contributed by atoms with Crippen molar-refractivity contribution in [3.63, 3.8) is 0 Å². The Morgan fingerprint density at radius 1 is 0.403 bits per heavy atom. The maximum absolute atomic E-state index is 4.98. The molecule has 0 fully saturated rings. The van der Waals surface area contributed by atoms with E-state index in [9.17, 15) is 0 Å². The summed E-state index contributed by atoms with van der Waals surface area (Å²) in [4.78, 5) is 19.7. The van der Waals surface area contributed by atoms with E-state index in [2.05, 4.69) is 149 Å². The molecule has 12 rings (SSSR count). The molecule has 0 bridgehead atoms. The Hall–Kier alpha value is -8.22. The maximum Gasteiger partial charge on any atom is 0.164 e. The van der Waals surface area contributed by atoms with Gasteiger partial charge < -0.3 is 9.13 Å². The number of aromatic nitrogens is 6. The average molecular weight is 795 g/mol. The fourth-order valence-electron chi connectivity index (χ4n) is 9.18. The molecular weight excluding hydrogens is 757 g/mol. The van der Waals surface area contributed by atoms with Crippen LogP contribution in [0.25, 0.3) is 106 Å². The fourth-order valence-corrected chi connectivity index (χ4v) is 9.18. The van der Waals surface area contributed by atoms with Crippen molar-refractivity contribution in [1.29, 1.82) is 0 Å².